The molecule has 1 N–H and O–H groups in total. The monoisotopic (exact) mass is 441 g/mol. The molecule has 1 amide bonds. The third kappa shape index (κ3) is 4.80. The van der Waals surface area contributed by atoms with Crippen LogP contribution in [0.1, 0.15) is 32.3 Å². The highest BCUT2D eigenvalue weighted by Gasteiger charge is 2.34. The molecule has 0 saturated carbocycles. The summed E-state index contributed by atoms with van der Waals surface area (Å²) in [5.74, 6) is 1.11. The number of hydrogen-bond acceptors (Lipinski definition) is 4. The molecule has 1 aliphatic rings. The molecule has 0 spiro atoms. The number of halogens is 2. The number of nitrogens with one attached hydrogen (secondary N) is 1. The molecule has 0 aromatic heterocycles. The molecule has 0 aliphatic carbocycles. The highest BCUT2D eigenvalue weighted by molar-refractivity contribution is 7.85. The predicted octanol–water partition coefficient (Wildman–Crippen LogP) is 5.76. The Balaban J connectivity index is 1.53. The maximum atomic E-state index is 12.3. The summed E-state index contributed by atoms with van der Waals surface area (Å²) < 4.78 is 23.5. The van der Waals surface area contributed by atoms with Gasteiger partial charge >= 0.3 is 6.09 Å². The average Bonchev–Trinajstić information content (AvgIpc) is 2.63. The number of unbranched alkanes of at least 4 members (excludes halogenated alkanes) is 1. The molecule has 0 fully saturated rings. The van der Waals surface area contributed by atoms with Crippen LogP contribution in [0, 0.1) is 0 Å². The minimum absolute atomic E-state index is 0.402. The Bertz CT molecular complexity index is 917. The van der Waals surface area contributed by atoms with Gasteiger partial charge in [-0.2, -0.15) is 0 Å². The third-order valence-corrected chi connectivity index (χ3v) is 6.56. The molecule has 2 aromatic rings. The predicted molar refractivity (Wildman–Crippen MR) is 112 cm³/mol. The second-order valence-electron chi connectivity index (χ2n) is 6.88. The van der Waals surface area contributed by atoms with Gasteiger partial charge in [0.05, 0.1) is 33.1 Å². The molecular weight excluding hydrogens is 421 g/mol. The van der Waals surface area contributed by atoms with E-state index in [1.165, 1.54) is 0 Å². The Kier molecular flexibility index (Phi) is 6.53. The first-order chi connectivity index (χ1) is 13.3. The standard InChI is InChI=1S/C20H21Cl2NO4S/c1-20(2)14-6-5-7-17(18(14)23-19(24)27-20)26-10-3-4-11-28(25)13-8-9-15(21)16(22)12-13/h5-9,12H,3-4,10-11H2,1-2H3,(H,23,24). The Labute approximate surface area is 176 Å². The summed E-state index contributed by atoms with van der Waals surface area (Å²) in [7, 11) is -1.14. The van der Waals surface area contributed by atoms with E-state index < -0.39 is 22.5 Å². The van der Waals surface area contributed by atoms with Crippen LogP contribution in [0.2, 0.25) is 10.0 Å². The van der Waals surface area contributed by atoms with Crippen LogP contribution in [0.4, 0.5) is 10.5 Å². The van der Waals surface area contributed by atoms with Gasteiger partial charge in [-0.1, -0.05) is 35.3 Å². The van der Waals surface area contributed by atoms with Crippen molar-refractivity contribution in [2.24, 2.45) is 0 Å². The number of carbonyl (C=O) groups is 1. The van der Waals surface area contributed by atoms with Gasteiger partial charge in [0.1, 0.15) is 11.4 Å². The van der Waals surface area contributed by atoms with Crippen molar-refractivity contribution in [3.8, 4) is 5.75 Å². The van der Waals surface area contributed by atoms with E-state index in [4.69, 9.17) is 32.7 Å². The van der Waals surface area contributed by atoms with Gasteiger partial charge in [-0.25, -0.2) is 4.79 Å². The molecule has 3 rings (SSSR count). The SMILES string of the molecule is CC1(C)OC(=O)Nc2c(OCCCCS(=O)c3ccc(Cl)c(Cl)c3)cccc21. The molecule has 1 unspecified atom stereocenters. The Morgan fingerprint density at radius 1 is 1.14 bits per heavy atom. The van der Waals surface area contributed by atoms with Crippen molar-refractivity contribution >= 4 is 45.8 Å². The van der Waals surface area contributed by atoms with Crippen LogP contribution in [0.5, 0.6) is 5.75 Å². The maximum Gasteiger partial charge on any atom is 0.412 e. The number of para-hydroxylation sites is 1. The second kappa shape index (κ2) is 8.72. The number of benzene rings is 2. The molecule has 1 atom stereocenters. The minimum Gasteiger partial charge on any atom is -0.491 e. The van der Waals surface area contributed by atoms with Gasteiger partial charge in [0.25, 0.3) is 0 Å². The topological polar surface area (TPSA) is 64.6 Å². The maximum absolute atomic E-state index is 12.3. The number of ether oxygens (including phenoxy) is 2. The molecule has 150 valence electrons. The van der Waals surface area contributed by atoms with Crippen molar-refractivity contribution < 1.29 is 18.5 Å². The number of amides is 1. The molecule has 1 heterocycles. The van der Waals surface area contributed by atoms with Gasteiger partial charge < -0.3 is 9.47 Å². The van der Waals surface area contributed by atoms with Crippen LogP contribution < -0.4 is 10.1 Å². The van der Waals surface area contributed by atoms with Crippen molar-refractivity contribution in [1.82, 2.24) is 0 Å². The van der Waals surface area contributed by atoms with E-state index in [-0.39, 0.29) is 0 Å². The molecule has 2 aromatic carbocycles. The number of anilines is 1. The smallest absolute Gasteiger partial charge is 0.412 e. The molecule has 0 radical (unpaired) electrons. The Morgan fingerprint density at radius 2 is 1.93 bits per heavy atom. The van der Waals surface area contributed by atoms with Crippen LogP contribution in [0.3, 0.4) is 0 Å². The number of rotatable bonds is 7. The molecule has 1 aliphatic heterocycles. The molecule has 5 nitrogen and oxygen atoms in total. The lowest BCUT2D eigenvalue weighted by atomic mass is 9.94. The Morgan fingerprint density at radius 3 is 2.68 bits per heavy atom. The summed E-state index contributed by atoms with van der Waals surface area (Å²) in [6, 6.07) is 10.6. The lowest BCUT2D eigenvalue weighted by molar-refractivity contribution is 0.0416. The van der Waals surface area contributed by atoms with Gasteiger partial charge in [-0.05, 0) is 51.0 Å². The van der Waals surface area contributed by atoms with Crippen LogP contribution in [0.15, 0.2) is 41.3 Å². The first-order valence-electron chi connectivity index (χ1n) is 8.87. The lowest BCUT2D eigenvalue weighted by Crippen LogP contribution is -2.34. The Hall–Kier alpha value is -1.76. The van der Waals surface area contributed by atoms with E-state index in [2.05, 4.69) is 5.32 Å². The van der Waals surface area contributed by atoms with Gasteiger partial charge in [0.2, 0.25) is 0 Å². The number of carbonyl (C=O) groups excluding carboxylic acids is 1. The van der Waals surface area contributed by atoms with E-state index in [0.29, 0.717) is 38.7 Å². The lowest BCUT2D eigenvalue weighted by Gasteiger charge is -2.33. The summed E-state index contributed by atoms with van der Waals surface area (Å²) in [5, 5.41) is 3.56. The number of hydrogen-bond donors (Lipinski definition) is 1. The summed E-state index contributed by atoms with van der Waals surface area (Å²) >= 11 is 11.9. The van der Waals surface area contributed by atoms with Gasteiger partial charge in [0.15, 0.2) is 0 Å². The van der Waals surface area contributed by atoms with Crippen molar-refractivity contribution in [1.29, 1.82) is 0 Å². The van der Waals surface area contributed by atoms with Crippen LogP contribution in [0.25, 0.3) is 0 Å². The minimum atomic E-state index is -1.14. The fourth-order valence-corrected chi connectivity index (χ4v) is 4.48. The van der Waals surface area contributed by atoms with Crippen molar-refractivity contribution in [2.45, 2.75) is 37.2 Å². The van der Waals surface area contributed by atoms with Crippen molar-refractivity contribution in [3.05, 3.63) is 52.0 Å². The molecule has 0 saturated heterocycles. The van der Waals surface area contributed by atoms with Crippen LogP contribution in [-0.4, -0.2) is 22.7 Å². The third-order valence-electron chi connectivity index (χ3n) is 4.39. The fraction of sp³-hybridized carbons (Fsp3) is 0.350. The zero-order valence-electron chi connectivity index (χ0n) is 15.6. The summed E-state index contributed by atoms with van der Waals surface area (Å²) in [5.41, 5.74) is 0.793. The van der Waals surface area contributed by atoms with E-state index >= 15 is 0 Å². The first kappa shape index (κ1) is 21.0. The van der Waals surface area contributed by atoms with Gasteiger partial charge in [-0.15, -0.1) is 0 Å². The van der Waals surface area contributed by atoms with E-state index in [1.807, 2.05) is 32.0 Å². The van der Waals surface area contributed by atoms with Crippen molar-refractivity contribution in [3.63, 3.8) is 0 Å². The fourth-order valence-electron chi connectivity index (χ4n) is 2.95. The molecule has 28 heavy (non-hydrogen) atoms. The van der Waals surface area contributed by atoms with E-state index in [0.717, 1.165) is 18.4 Å². The summed E-state index contributed by atoms with van der Waals surface area (Å²) in [4.78, 5) is 12.4. The zero-order valence-corrected chi connectivity index (χ0v) is 17.9. The normalized spacial score (nSPS) is 15.9. The first-order valence-corrected chi connectivity index (χ1v) is 10.9. The van der Waals surface area contributed by atoms with Crippen molar-refractivity contribution in [2.75, 3.05) is 17.7 Å². The summed E-state index contributed by atoms with van der Waals surface area (Å²) in [6.45, 7) is 4.13. The second-order valence-corrected chi connectivity index (χ2v) is 9.27. The average molecular weight is 442 g/mol. The van der Waals surface area contributed by atoms with E-state index in [9.17, 15) is 9.00 Å². The molecule has 0 bridgehead atoms. The summed E-state index contributed by atoms with van der Waals surface area (Å²) in [6.07, 6.45) is 0.957. The van der Waals surface area contributed by atoms with Crippen LogP contribution >= 0.6 is 23.2 Å². The van der Waals surface area contributed by atoms with Gasteiger partial charge in [-0.3, -0.25) is 9.53 Å². The largest absolute Gasteiger partial charge is 0.491 e. The number of cyclic esters (lactones) is 1. The highest BCUT2D eigenvalue weighted by atomic mass is 35.5. The highest BCUT2D eigenvalue weighted by Crippen LogP contribution is 2.40. The van der Waals surface area contributed by atoms with Gasteiger partial charge in [0, 0.05) is 16.2 Å². The zero-order chi connectivity index (χ0) is 20.3. The van der Waals surface area contributed by atoms with E-state index in [1.54, 1.807) is 18.2 Å². The quantitative estimate of drug-likeness (QED) is 0.554. The molecular formula is C20H21Cl2NO4S. The molecule has 8 heteroatoms. The van der Waals surface area contributed by atoms with Crippen LogP contribution in [-0.2, 0) is 21.1 Å². The number of fused-ring (bicyclic) bond motifs is 1.